The van der Waals surface area contributed by atoms with E-state index < -0.39 is 0 Å². The number of carbonyl (C=O) groups is 1. The number of benzene rings is 1. The van der Waals surface area contributed by atoms with E-state index in [1.54, 1.807) is 12.1 Å². The number of rotatable bonds is 1. The highest BCUT2D eigenvalue weighted by atomic mass is 16.4. The van der Waals surface area contributed by atoms with Crippen molar-refractivity contribution in [3.8, 4) is 5.75 Å². The normalized spacial score (nSPS) is 11.3. The Balaban J connectivity index is 2.67. The van der Waals surface area contributed by atoms with Crippen LogP contribution in [0, 0.1) is 0 Å². The van der Waals surface area contributed by atoms with Crippen LogP contribution in [-0.4, -0.2) is 10.9 Å². The first-order valence-electron chi connectivity index (χ1n) is 4.80. The topological polar surface area (TPSA) is 63.6 Å². The number of aromatic hydroxyl groups is 1. The van der Waals surface area contributed by atoms with Crippen molar-refractivity contribution in [1.82, 2.24) is 0 Å². The van der Waals surface area contributed by atoms with Crippen LogP contribution in [-0.2, 0) is 0 Å². The lowest BCUT2D eigenvalue weighted by atomic mass is 10.0. The van der Waals surface area contributed by atoms with Crippen LogP contribution in [0.4, 0.5) is 0 Å². The Bertz CT molecular complexity index is 651. The van der Waals surface area contributed by atoms with Crippen molar-refractivity contribution in [2.75, 3.05) is 0 Å². The summed E-state index contributed by atoms with van der Waals surface area (Å²) in [6.45, 7) is 1.46. The van der Waals surface area contributed by atoms with E-state index in [9.17, 15) is 9.90 Å². The molecule has 0 saturated carbocycles. The Hall–Kier alpha value is -2.23. The van der Waals surface area contributed by atoms with Crippen LogP contribution in [0.15, 0.2) is 33.5 Å². The van der Waals surface area contributed by atoms with E-state index in [0.29, 0.717) is 27.5 Å². The molecule has 0 spiro atoms. The first kappa shape index (κ1) is 9.03. The lowest BCUT2D eigenvalue weighted by Crippen LogP contribution is -1.93. The second-order valence-corrected chi connectivity index (χ2v) is 3.61. The Labute approximate surface area is 90.1 Å². The minimum Gasteiger partial charge on any atom is -0.504 e. The molecule has 1 aromatic carbocycles. The maximum atomic E-state index is 11.6. The van der Waals surface area contributed by atoms with Crippen LogP contribution in [0.3, 0.4) is 0 Å². The monoisotopic (exact) mass is 216 g/mol. The van der Waals surface area contributed by atoms with Crippen molar-refractivity contribution < 1.29 is 18.7 Å². The van der Waals surface area contributed by atoms with E-state index in [1.807, 2.05) is 0 Å². The van der Waals surface area contributed by atoms with E-state index in [0.717, 1.165) is 0 Å². The van der Waals surface area contributed by atoms with Crippen LogP contribution in [0.5, 0.6) is 5.75 Å². The van der Waals surface area contributed by atoms with E-state index in [4.69, 9.17) is 8.83 Å². The van der Waals surface area contributed by atoms with Crippen molar-refractivity contribution in [3.63, 3.8) is 0 Å². The molecule has 3 rings (SSSR count). The summed E-state index contributed by atoms with van der Waals surface area (Å²) >= 11 is 0. The lowest BCUT2D eigenvalue weighted by Gasteiger charge is -2.02. The van der Waals surface area contributed by atoms with E-state index in [2.05, 4.69) is 0 Å². The molecular weight excluding hydrogens is 208 g/mol. The number of ketones is 1. The second kappa shape index (κ2) is 2.88. The standard InChI is InChI=1S/C12H8O4/c1-6(13)9-7-2-4-16-12(7)10(14)8-3-5-15-11(8)9/h2-5,14H,1H3. The molecule has 1 N–H and O–H groups in total. The largest absolute Gasteiger partial charge is 0.504 e. The number of fused-ring (bicyclic) bond motifs is 2. The molecule has 80 valence electrons. The Morgan fingerprint density at radius 2 is 1.75 bits per heavy atom. The fraction of sp³-hybridized carbons (Fsp3) is 0.0833. The number of hydrogen-bond donors (Lipinski definition) is 1. The third-order valence-electron chi connectivity index (χ3n) is 2.65. The van der Waals surface area contributed by atoms with Gasteiger partial charge in [0.05, 0.1) is 23.5 Å². The van der Waals surface area contributed by atoms with E-state index in [1.165, 1.54) is 19.5 Å². The first-order chi connectivity index (χ1) is 7.70. The van der Waals surface area contributed by atoms with E-state index >= 15 is 0 Å². The first-order valence-corrected chi connectivity index (χ1v) is 4.80. The van der Waals surface area contributed by atoms with Gasteiger partial charge in [0, 0.05) is 5.39 Å². The molecule has 0 aliphatic carbocycles. The summed E-state index contributed by atoms with van der Waals surface area (Å²) in [6.07, 6.45) is 2.88. The van der Waals surface area contributed by atoms with Crippen LogP contribution in [0.25, 0.3) is 21.9 Å². The third-order valence-corrected chi connectivity index (χ3v) is 2.65. The fourth-order valence-electron chi connectivity index (χ4n) is 1.97. The Morgan fingerprint density at radius 1 is 1.12 bits per heavy atom. The molecule has 0 aliphatic rings. The highest BCUT2D eigenvalue weighted by Crippen LogP contribution is 2.38. The van der Waals surface area contributed by atoms with Gasteiger partial charge in [0.15, 0.2) is 17.1 Å². The van der Waals surface area contributed by atoms with Gasteiger partial charge in [0.25, 0.3) is 0 Å². The van der Waals surface area contributed by atoms with Crippen molar-refractivity contribution in [2.45, 2.75) is 6.92 Å². The van der Waals surface area contributed by atoms with Gasteiger partial charge < -0.3 is 13.9 Å². The van der Waals surface area contributed by atoms with Crippen LogP contribution < -0.4 is 0 Å². The van der Waals surface area contributed by atoms with Crippen molar-refractivity contribution >= 4 is 27.7 Å². The molecule has 2 heterocycles. The highest BCUT2D eigenvalue weighted by Gasteiger charge is 2.20. The smallest absolute Gasteiger partial charge is 0.177 e. The quantitative estimate of drug-likeness (QED) is 0.635. The van der Waals surface area contributed by atoms with Gasteiger partial charge in [-0.25, -0.2) is 0 Å². The van der Waals surface area contributed by atoms with Gasteiger partial charge in [-0.3, -0.25) is 4.79 Å². The molecule has 3 aromatic rings. The number of furan rings is 2. The van der Waals surface area contributed by atoms with Crippen molar-refractivity contribution in [2.24, 2.45) is 0 Å². The number of phenols is 1. The molecule has 0 bridgehead atoms. The van der Waals surface area contributed by atoms with Crippen LogP contribution >= 0.6 is 0 Å². The number of Topliss-reactive ketones (excluding diaryl/α,β-unsaturated/α-hetero) is 1. The molecule has 0 fully saturated rings. The van der Waals surface area contributed by atoms with Gasteiger partial charge in [0.1, 0.15) is 5.58 Å². The highest BCUT2D eigenvalue weighted by molar-refractivity contribution is 6.18. The van der Waals surface area contributed by atoms with Crippen molar-refractivity contribution in [3.05, 3.63) is 30.2 Å². The average molecular weight is 216 g/mol. The molecule has 0 atom stereocenters. The van der Waals surface area contributed by atoms with Crippen LogP contribution in [0.1, 0.15) is 17.3 Å². The number of carbonyl (C=O) groups excluding carboxylic acids is 1. The summed E-state index contributed by atoms with van der Waals surface area (Å²) in [4.78, 5) is 11.6. The van der Waals surface area contributed by atoms with Gasteiger partial charge in [-0.05, 0) is 19.1 Å². The molecule has 16 heavy (non-hydrogen) atoms. The summed E-state index contributed by atoms with van der Waals surface area (Å²) in [5, 5.41) is 11.0. The maximum absolute atomic E-state index is 11.6. The molecule has 4 nitrogen and oxygen atoms in total. The van der Waals surface area contributed by atoms with Gasteiger partial charge in [-0.1, -0.05) is 0 Å². The van der Waals surface area contributed by atoms with Gasteiger partial charge in [-0.15, -0.1) is 0 Å². The minimum atomic E-state index is -0.119. The third kappa shape index (κ3) is 0.957. The number of phenolic OH excluding ortho intramolecular Hbond substituents is 1. The predicted octanol–water partition coefficient (Wildman–Crippen LogP) is 3.09. The molecule has 0 aliphatic heterocycles. The molecule has 0 amide bonds. The van der Waals surface area contributed by atoms with Gasteiger partial charge in [0.2, 0.25) is 0 Å². The zero-order valence-corrected chi connectivity index (χ0v) is 8.48. The van der Waals surface area contributed by atoms with Gasteiger partial charge >= 0.3 is 0 Å². The molecule has 0 radical (unpaired) electrons. The maximum Gasteiger partial charge on any atom is 0.177 e. The zero-order valence-electron chi connectivity index (χ0n) is 8.48. The molecule has 0 unspecified atom stereocenters. The van der Waals surface area contributed by atoms with Gasteiger partial charge in [-0.2, -0.15) is 0 Å². The Kier molecular flexibility index (Phi) is 1.63. The fourth-order valence-corrected chi connectivity index (χ4v) is 1.97. The Morgan fingerprint density at radius 3 is 2.44 bits per heavy atom. The summed E-state index contributed by atoms with van der Waals surface area (Å²) < 4.78 is 10.4. The SMILES string of the molecule is CC(=O)c1c2ccoc2c(O)c2ccoc12. The second-order valence-electron chi connectivity index (χ2n) is 3.61. The minimum absolute atomic E-state index is 0.00810. The van der Waals surface area contributed by atoms with Crippen LogP contribution in [0.2, 0.25) is 0 Å². The summed E-state index contributed by atoms with van der Waals surface area (Å²) in [7, 11) is 0. The number of hydrogen-bond acceptors (Lipinski definition) is 4. The molecule has 0 saturated heterocycles. The average Bonchev–Trinajstić information content (AvgIpc) is 2.84. The zero-order chi connectivity index (χ0) is 11.3. The summed E-state index contributed by atoms with van der Waals surface area (Å²) in [5.74, 6) is -0.111. The molecule has 4 heteroatoms. The summed E-state index contributed by atoms with van der Waals surface area (Å²) in [5.41, 5.74) is 1.17. The summed E-state index contributed by atoms with van der Waals surface area (Å²) in [6, 6.07) is 3.26. The molecule has 2 aromatic heterocycles. The molecular formula is C12H8O4. The lowest BCUT2D eigenvalue weighted by molar-refractivity contribution is 0.102. The predicted molar refractivity (Wildman–Crippen MR) is 57.7 cm³/mol. The van der Waals surface area contributed by atoms with Crippen molar-refractivity contribution in [1.29, 1.82) is 0 Å². The van der Waals surface area contributed by atoms with E-state index in [-0.39, 0.29) is 11.5 Å².